The Morgan fingerprint density at radius 3 is 2.46 bits per heavy atom. The maximum absolute atomic E-state index is 12.4. The number of amides is 2. The summed E-state index contributed by atoms with van der Waals surface area (Å²) in [5, 5.41) is 2.80. The average Bonchev–Trinajstić information content (AvgIpc) is 2.65. The van der Waals surface area contributed by atoms with Crippen LogP contribution in [-0.2, 0) is 9.59 Å². The van der Waals surface area contributed by atoms with Crippen molar-refractivity contribution in [1.29, 1.82) is 0 Å². The number of carbonyl (C=O) groups is 2. The van der Waals surface area contributed by atoms with Gasteiger partial charge in [0.2, 0.25) is 11.8 Å². The maximum Gasteiger partial charge on any atom is 0.244 e. The number of methoxy groups -OCH3 is 1. The summed E-state index contributed by atoms with van der Waals surface area (Å²) in [6.45, 7) is 4.39. The number of para-hydroxylation sites is 2. The molecule has 0 unspecified atom stereocenters. The average molecular weight is 372 g/mol. The van der Waals surface area contributed by atoms with Crippen molar-refractivity contribution in [2.75, 3.05) is 31.3 Å². The molecule has 2 rings (SSSR count). The standard InChI is InChI=1S/C20H24N2O3S/c1-4-22(20(24)14-26-16-11-9-15(2)10-12-16)13-19(23)21-17-7-5-6-8-18(17)25-3/h5-12H,4,13-14H2,1-3H3,(H,21,23). The molecule has 6 heteroatoms. The van der Waals surface area contributed by atoms with Gasteiger partial charge in [0, 0.05) is 11.4 Å². The number of ether oxygens (including phenoxy) is 1. The van der Waals surface area contributed by atoms with Gasteiger partial charge in [0.1, 0.15) is 5.75 Å². The van der Waals surface area contributed by atoms with Gasteiger partial charge in [0.15, 0.2) is 0 Å². The van der Waals surface area contributed by atoms with Crippen LogP contribution in [0.5, 0.6) is 5.75 Å². The second kappa shape index (κ2) is 9.87. The Kier molecular flexibility index (Phi) is 7.53. The van der Waals surface area contributed by atoms with Crippen molar-refractivity contribution in [2.24, 2.45) is 0 Å². The predicted molar refractivity (Wildman–Crippen MR) is 106 cm³/mol. The summed E-state index contributed by atoms with van der Waals surface area (Å²) in [7, 11) is 1.55. The molecular weight excluding hydrogens is 348 g/mol. The SMILES string of the molecule is CCN(CC(=O)Nc1ccccc1OC)C(=O)CSc1ccc(C)cc1. The van der Waals surface area contributed by atoms with Gasteiger partial charge in [-0.05, 0) is 38.1 Å². The predicted octanol–water partition coefficient (Wildman–Crippen LogP) is 3.58. The van der Waals surface area contributed by atoms with Crippen LogP contribution in [0.15, 0.2) is 53.4 Å². The van der Waals surface area contributed by atoms with Crippen LogP contribution in [-0.4, -0.2) is 42.7 Å². The van der Waals surface area contributed by atoms with E-state index in [9.17, 15) is 9.59 Å². The van der Waals surface area contributed by atoms with Gasteiger partial charge in [0.25, 0.3) is 0 Å². The molecule has 26 heavy (non-hydrogen) atoms. The first-order chi connectivity index (χ1) is 12.5. The zero-order valence-corrected chi connectivity index (χ0v) is 16.1. The Hall–Kier alpha value is -2.47. The minimum atomic E-state index is -0.245. The van der Waals surface area contributed by atoms with E-state index < -0.39 is 0 Å². The Morgan fingerprint density at radius 1 is 1.12 bits per heavy atom. The lowest BCUT2D eigenvalue weighted by Gasteiger charge is -2.20. The molecule has 0 aliphatic rings. The number of nitrogens with one attached hydrogen (secondary N) is 1. The first-order valence-corrected chi connectivity index (χ1v) is 9.42. The third kappa shape index (κ3) is 5.81. The van der Waals surface area contributed by atoms with E-state index in [4.69, 9.17) is 4.74 Å². The summed E-state index contributed by atoms with van der Waals surface area (Å²) in [6.07, 6.45) is 0. The summed E-state index contributed by atoms with van der Waals surface area (Å²) >= 11 is 1.48. The van der Waals surface area contributed by atoms with Gasteiger partial charge in [0.05, 0.1) is 25.1 Å². The maximum atomic E-state index is 12.4. The number of aryl methyl sites for hydroxylation is 1. The van der Waals surface area contributed by atoms with Crippen molar-refractivity contribution in [3.8, 4) is 5.75 Å². The highest BCUT2D eigenvalue weighted by molar-refractivity contribution is 8.00. The molecule has 0 aliphatic carbocycles. The smallest absolute Gasteiger partial charge is 0.244 e. The molecular formula is C20H24N2O3S. The molecule has 0 aliphatic heterocycles. The van der Waals surface area contributed by atoms with E-state index >= 15 is 0 Å². The molecule has 0 fully saturated rings. The summed E-state index contributed by atoms with van der Waals surface area (Å²) in [4.78, 5) is 27.3. The van der Waals surface area contributed by atoms with Gasteiger partial charge >= 0.3 is 0 Å². The molecule has 0 atom stereocenters. The van der Waals surface area contributed by atoms with Crippen LogP contribution in [0.1, 0.15) is 12.5 Å². The van der Waals surface area contributed by atoms with Crippen LogP contribution < -0.4 is 10.1 Å². The van der Waals surface area contributed by atoms with Gasteiger partial charge < -0.3 is 15.0 Å². The molecule has 0 spiro atoms. The summed E-state index contributed by atoms with van der Waals surface area (Å²) in [6, 6.07) is 15.2. The molecule has 2 aromatic carbocycles. The lowest BCUT2D eigenvalue weighted by atomic mass is 10.2. The van der Waals surface area contributed by atoms with E-state index in [0.29, 0.717) is 23.7 Å². The Bertz CT molecular complexity index is 747. The highest BCUT2D eigenvalue weighted by atomic mass is 32.2. The lowest BCUT2D eigenvalue weighted by Crippen LogP contribution is -2.38. The zero-order chi connectivity index (χ0) is 18.9. The van der Waals surface area contributed by atoms with Crippen LogP contribution in [0.2, 0.25) is 0 Å². The quantitative estimate of drug-likeness (QED) is 0.720. The van der Waals surface area contributed by atoms with Crippen molar-refractivity contribution in [2.45, 2.75) is 18.7 Å². The summed E-state index contributed by atoms with van der Waals surface area (Å²) in [5.74, 6) is 0.585. The summed E-state index contributed by atoms with van der Waals surface area (Å²) < 4.78 is 5.22. The number of likely N-dealkylation sites (N-methyl/N-ethyl adjacent to an activating group) is 1. The van der Waals surface area contributed by atoms with Crippen LogP contribution in [0.25, 0.3) is 0 Å². The second-order valence-corrected chi connectivity index (χ2v) is 6.81. The molecule has 138 valence electrons. The fourth-order valence-corrected chi connectivity index (χ4v) is 3.16. The molecule has 2 aromatic rings. The third-order valence-electron chi connectivity index (χ3n) is 3.83. The first kappa shape index (κ1) is 19.8. The summed E-state index contributed by atoms with van der Waals surface area (Å²) in [5.41, 5.74) is 1.78. The van der Waals surface area contributed by atoms with Crippen LogP contribution in [0.4, 0.5) is 5.69 Å². The molecule has 0 saturated carbocycles. The van der Waals surface area contributed by atoms with E-state index in [1.165, 1.54) is 17.3 Å². The Balaban J connectivity index is 1.89. The first-order valence-electron chi connectivity index (χ1n) is 8.43. The van der Waals surface area contributed by atoms with Crippen LogP contribution in [0, 0.1) is 6.92 Å². The van der Waals surface area contributed by atoms with Crippen molar-refractivity contribution in [3.63, 3.8) is 0 Å². The van der Waals surface area contributed by atoms with Crippen molar-refractivity contribution in [1.82, 2.24) is 4.90 Å². The second-order valence-electron chi connectivity index (χ2n) is 5.76. The zero-order valence-electron chi connectivity index (χ0n) is 15.3. The molecule has 0 saturated heterocycles. The molecule has 0 heterocycles. The van der Waals surface area contributed by atoms with Gasteiger partial charge in [-0.15, -0.1) is 11.8 Å². The molecule has 0 bridgehead atoms. The van der Waals surface area contributed by atoms with Gasteiger partial charge in [-0.1, -0.05) is 29.8 Å². The normalized spacial score (nSPS) is 10.3. The largest absolute Gasteiger partial charge is 0.495 e. The number of thioether (sulfide) groups is 1. The number of hydrogen-bond donors (Lipinski definition) is 1. The molecule has 0 aromatic heterocycles. The third-order valence-corrected chi connectivity index (χ3v) is 4.83. The molecule has 5 nitrogen and oxygen atoms in total. The molecule has 1 N–H and O–H groups in total. The van der Waals surface area contributed by atoms with Crippen molar-refractivity contribution in [3.05, 3.63) is 54.1 Å². The molecule has 2 amide bonds. The monoisotopic (exact) mass is 372 g/mol. The number of rotatable bonds is 8. The van der Waals surface area contributed by atoms with Crippen molar-refractivity contribution < 1.29 is 14.3 Å². The van der Waals surface area contributed by atoms with E-state index in [2.05, 4.69) is 5.32 Å². The Morgan fingerprint density at radius 2 is 1.81 bits per heavy atom. The fraction of sp³-hybridized carbons (Fsp3) is 0.300. The van der Waals surface area contributed by atoms with Crippen LogP contribution >= 0.6 is 11.8 Å². The van der Waals surface area contributed by atoms with E-state index in [1.807, 2.05) is 50.2 Å². The highest BCUT2D eigenvalue weighted by Gasteiger charge is 2.16. The van der Waals surface area contributed by atoms with Crippen LogP contribution in [0.3, 0.4) is 0 Å². The number of nitrogens with zero attached hydrogens (tertiary/aromatic N) is 1. The van der Waals surface area contributed by atoms with Gasteiger partial charge in [-0.2, -0.15) is 0 Å². The van der Waals surface area contributed by atoms with Gasteiger partial charge in [-0.25, -0.2) is 0 Å². The lowest BCUT2D eigenvalue weighted by molar-refractivity contribution is -0.132. The van der Waals surface area contributed by atoms with E-state index in [0.717, 1.165) is 4.90 Å². The number of hydrogen-bond acceptors (Lipinski definition) is 4. The fourth-order valence-electron chi connectivity index (χ4n) is 2.36. The highest BCUT2D eigenvalue weighted by Crippen LogP contribution is 2.23. The number of benzene rings is 2. The minimum absolute atomic E-state index is 0.0157. The van der Waals surface area contributed by atoms with E-state index in [1.54, 1.807) is 24.1 Å². The van der Waals surface area contributed by atoms with E-state index in [-0.39, 0.29) is 18.4 Å². The van der Waals surface area contributed by atoms with Gasteiger partial charge in [-0.3, -0.25) is 9.59 Å². The Labute approximate surface area is 158 Å². The number of anilines is 1. The number of carbonyl (C=O) groups excluding carboxylic acids is 2. The molecule has 0 radical (unpaired) electrons. The topological polar surface area (TPSA) is 58.6 Å². The minimum Gasteiger partial charge on any atom is -0.495 e. The van der Waals surface area contributed by atoms with Crippen molar-refractivity contribution >= 4 is 29.3 Å².